The minimum atomic E-state index is -0.360. The number of aryl methyl sites for hydroxylation is 1. The Bertz CT molecular complexity index is 349. The summed E-state index contributed by atoms with van der Waals surface area (Å²) < 4.78 is 12.9. The number of Topliss-reactive ketones (excluding diaryl/α,β-unsaturated/α-hetero) is 1. The van der Waals surface area contributed by atoms with Crippen molar-refractivity contribution in [2.24, 2.45) is 0 Å². The highest BCUT2D eigenvalue weighted by atomic mass is 35.5. The molecule has 0 saturated carbocycles. The molecule has 0 amide bonds. The molecule has 3 heteroatoms. The fourth-order valence-corrected chi connectivity index (χ4v) is 1.60. The predicted molar refractivity (Wildman–Crippen MR) is 60.0 cm³/mol. The van der Waals surface area contributed by atoms with Crippen LogP contribution >= 0.6 is 11.6 Å². The van der Waals surface area contributed by atoms with E-state index in [0.717, 1.165) is 18.4 Å². The molecular weight excluding hydrogens is 215 g/mol. The number of rotatable bonds is 5. The molecule has 15 heavy (non-hydrogen) atoms. The van der Waals surface area contributed by atoms with Crippen LogP contribution in [0.3, 0.4) is 0 Å². The molecule has 0 heterocycles. The molecule has 0 atom stereocenters. The molecule has 0 aromatic heterocycles. The summed E-state index contributed by atoms with van der Waals surface area (Å²) in [7, 11) is 0. The Balaban J connectivity index is 2.68. The average molecular weight is 229 g/mol. The van der Waals surface area contributed by atoms with Gasteiger partial charge in [-0.1, -0.05) is 6.07 Å². The molecule has 0 aliphatic rings. The Labute approximate surface area is 94.3 Å². The minimum Gasteiger partial charge on any atom is -0.294 e. The van der Waals surface area contributed by atoms with Gasteiger partial charge >= 0.3 is 0 Å². The van der Waals surface area contributed by atoms with Gasteiger partial charge in [0, 0.05) is 17.9 Å². The van der Waals surface area contributed by atoms with E-state index in [1.165, 1.54) is 12.1 Å². The topological polar surface area (TPSA) is 17.1 Å². The van der Waals surface area contributed by atoms with Gasteiger partial charge in [-0.2, -0.15) is 0 Å². The number of hydrogen-bond donors (Lipinski definition) is 0. The van der Waals surface area contributed by atoms with E-state index in [4.69, 9.17) is 11.6 Å². The van der Waals surface area contributed by atoms with Crippen LogP contribution in [-0.4, -0.2) is 11.7 Å². The van der Waals surface area contributed by atoms with Gasteiger partial charge in [0.15, 0.2) is 5.78 Å². The number of carbonyl (C=O) groups excluding carboxylic acids is 1. The lowest BCUT2D eigenvalue weighted by Crippen LogP contribution is -2.02. The Hall–Kier alpha value is -0.890. The summed E-state index contributed by atoms with van der Waals surface area (Å²) >= 11 is 5.52. The van der Waals surface area contributed by atoms with Gasteiger partial charge in [0.05, 0.1) is 0 Å². The number of halogens is 2. The van der Waals surface area contributed by atoms with Crippen LogP contribution in [0, 0.1) is 12.7 Å². The molecule has 0 spiro atoms. The third kappa shape index (κ3) is 3.63. The fraction of sp³-hybridized carbons (Fsp3) is 0.417. The van der Waals surface area contributed by atoms with E-state index in [1.54, 1.807) is 6.07 Å². The molecule has 0 bridgehead atoms. The highest BCUT2D eigenvalue weighted by molar-refractivity contribution is 6.17. The molecule has 0 unspecified atom stereocenters. The summed E-state index contributed by atoms with van der Waals surface area (Å²) in [6.45, 7) is 1.81. The summed E-state index contributed by atoms with van der Waals surface area (Å²) in [5.74, 6) is 0.202. The number of ketones is 1. The molecule has 0 N–H and O–H groups in total. The monoisotopic (exact) mass is 228 g/mol. The Morgan fingerprint density at radius 3 is 2.80 bits per heavy atom. The summed E-state index contributed by atoms with van der Waals surface area (Å²) in [6.07, 6.45) is 2.02. The first-order valence-corrected chi connectivity index (χ1v) is 5.54. The lowest BCUT2D eigenvalue weighted by atomic mass is 10.0. The molecule has 0 radical (unpaired) electrons. The van der Waals surface area contributed by atoms with E-state index in [0.29, 0.717) is 17.9 Å². The molecular formula is C12H14ClFO. The van der Waals surface area contributed by atoms with Crippen LogP contribution in [0.4, 0.5) is 4.39 Å². The second-order valence-corrected chi connectivity index (χ2v) is 3.91. The zero-order valence-electron chi connectivity index (χ0n) is 8.72. The second-order valence-electron chi connectivity index (χ2n) is 3.53. The van der Waals surface area contributed by atoms with E-state index < -0.39 is 0 Å². The van der Waals surface area contributed by atoms with Gasteiger partial charge in [0.25, 0.3) is 0 Å². The predicted octanol–water partition coefficient (Wildman–Crippen LogP) is 3.73. The number of hydrogen-bond acceptors (Lipinski definition) is 1. The van der Waals surface area contributed by atoms with Crippen molar-refractivity contribution in [1.82, 2.24) is 0 Å². The van der Waals surface area contributed by atoms with E-state index in [1.807, 2.05) is 6.92 Å². The molecule has 1 aromatic carbocycles. The van der Waals surface area contributed by atoms with Crippen LogP contribution in [0.2, 0.25) is 0 Å². The van der Waals surface area contributed by atoms with Gasteiger partial charge < -0.3 is 0 Å². The van der Waals surface area contributed by atoms with E-state index in [-0.39, 0.29) is 11.6 Å². The largest absolute Gasteiger partial charge is 0.294 e. The van der Waals surface area contributed by atoms with Crippen LogP contribution in [0.1, 0.15) is 35.2 Å². The number of benzene rings is 1. The van der Waals surface area contributed by atoms with Crippen molar-refractivity contribution in [3.63, 3.8) is 0 Å². The third-order valence-electron chi connectivity index (χ3n) is 2.29. The average Bonchev–Trinajstić information content (AvgIpc) is 2.22. The van der Waals surface area contributed by atoms with Gasteiger partial charge in [-0.3, -0.25) is 4.79 Å². The van der Waals surface area contributed by atoms with Crippen LogP contribution in [0.15, 0.2) is 18.2 Å². The van der Waals surface area contributed by atoms with E-state index in [2.05, 4.69) is 0 Å². The van der Waals surface area contributed by atoms with Gasteiger partial charge in [0.1, 0.15) is 5.82 Å². The molecule has 0 saturated heterocycles. The second kappa shape index (κ2) is 5.86. The van der Waals surface area contributed by atoms with Gasteiger partial charge in [0.2, 0.25) is 0 Å². The first kappa shape index (κ1) is 12.2. The summed E-state index contributed by atoms with van der Waals surface area (Å²) in [6, 6.07) is 4.30. The van der Waals surface area contributed by atoms with Gasteiger partial charge in [-0.25, -0.2) is 4.39 Å². The first-order valence-electron chi connectivity index (χ1n) is 5.00. The third-order valence-corrected chi connectivity index (χ3v) is 2.55. The minimum absolute atomic E-state index is 0.00267. The highest BCUT2D eigenvalue weighted by Gasteiger charge is 2.09. The first-order chi connectivity index (χ1) is 7.15. The van der Waals surface area contributed by atoms with Crippen LogP contribution < -0.4 is 0 Å². The molecule has 1 nitrogen and oxygen atoms in total. The van der Waals surface area contributed by atoms with Crippen molar-refractivity contribution in [2.45, 2.75) is 26.2 Å². The Kier molecular flexibility index (Phi) is 4.76. The molecule has 1 aromatic rings. The zero-order chi connectivity index (χ0) is 11.3. The summed E-state index contributed by atoms with van der Waals surface area (Å²) in [5.41, 5.74) is 1.32. The maximum absolute atomic E-state index is 12.9. The quantitative estimate of drug-likeness (QED) is 0.426. The zero-order valence-corrected chi connectivity index (χ0v) is 9.48. The van der Waals surface area contributed by atoms with Crippen molar-refractivity contribution in [3.8, 4) is 0 Å². The molecule has 0 fully saturated rings. The molecule has 0 aliphatic carbocycles. The summed E-state index contributed by atoms with van der Waals surface area (Å²) in [4.78, 5) is 11.7. The van der Waals surface area contributed by atoms with E-state index in [9.17, 15) is 9.18 Å². The van der Waals surface area contributed by atoms with E-state index >= 15 is 0 Å². The van der Waals surface area contributed by atoms with Crippen molar-refractivity contribution >= 4 is 17.4 Å². The van der Waals surface area contributed by atoms with Crippen molar-refractivity contribution in [2.75, 3.05) is 5.88 Å². The highest BCUT2D eigenvalue weighted by Crippen LogP contribution is 2.14. The number of alkyl halides is 1. The lowest BCUT2D eigenvalue weighted by molar-refractivity contribution is 0.0979. The summed E-state index contributed by atoms with van der Waals surface area (Å²) in [5, 5.41) is 0. The van der Waals surface area contributed by atoms with Crippen LogP contribution in [-0.2, 0) is 0 Å². The standard InChI is InChI=1S/C12H14ClFO/c1-9-5-6-10(14)8-11(9)12(15)4-2-3-7-13/h5-6,8H,2-4,7H2,1H3. The normalized spacial score (nSPS) is 10.3. The molecule has 82 valence electrons. The maximum Gasteiger partial charge on any atom is 0.163 e. The van der Waals surface area contributed by atoms with Crippen LogP contribution in [0.25, 0.3) is 0 Å². The Morgan fingerprint density at radius 1 is 1.40 bits per heavy atom. The molecule has 0 aliphatic heterocycles. The van der Waals surface area contributed by atoms with Crippen molar-refractivity contribution in [3.05, 3.63) is 35.1 Å². The lowest BCUT2D eigenvalue weighted by Gasteiger charge is -2.04. The van der Waals surface area contributed by atoms with Gasteiger partial charge in [-0.05, 0) is 37.5 Å². The number of unbranched alkanes of at least 4 members (excludes halogenated alkanes) is 1. The van der Waals surface area contributed by atoms with Crippen molar-refractivity contribution in [1.29, 1.82) is 0 Å². The number of carbonyl (C=O) groups is 1. The Morgan fingerprint density at radius 2 is 2.13 bits per heavy atom. The van der Waals surface area contributed by atoms with Gasteiger partial charge in [-0.15, -0.1) is 11.6 Å². The maximum atomic E-state index is 12.9. The molecule has 1 rings (SSSR count). The fourth-order valence-electron chi connectivity index (χ4n) is 1.41. The van der Waals surface area contributed by atoms with Crippen LogP contribution in [0.5, 0.6) is 0 Å². The van der Waals surface area contributed by atoms with Crippen molar-refractivity contribution < 1.29 is 9.18 Å². The smallest absolute Gasteiger partial charge is 0.163 e. The SMILES string of the molecule is Cc1ccc(F)cc1C(=O)CCCCCl.